The van der Waals surface area contributed by atoms with Gasteiger partial charge in [0.1, 0.15) is 5.82 Å². The van der Waals surface area contributed by atoms with Gasteiger partial charge in [0.25, 0.3) is 11.8 Å². The first-order valence-corrected chi connectivity index (χ1v) is 10.1. The first kappa shape index (κ1) is 18.9. The van der Waals surface area contributed by atoms with Gasteiger partial charge >= 0.3 is 0 Å². The Labute approximate surface area is 178 Å². The van der Waals surface area contributed by atoms with Gasteiger partial charge in [0.05, 0.1) is 18.1 Å². The number of amides is 2. The highest BCUT2D eigenvalue weighted by molar-refractivity contribution is 6.06. The number of H-pyrrole nitrogens is 1. The third kappa shape index (κ3) is 3.87. The molecule has 4 heterocycles. The Morgan fingerprint density at radius 2 is 1.90 bits per heavy atom. The summed E-state index contributed by atoms with van der Waals surface area (Å²) in [6, 6.07) is 14.6. The van der Waals surface area contributed by atoms with Crippen LogP contribution < -0.4 is 10.2 Å². The summed E-state index contributed by atoms with van der Waals surface area (Å²) in [6.45, 7) is 2.56. The highest BCUT2D eigenvalue weighted by Gasteiger charge is 2.24. The van der Waals surface area contributed by atoms with Crippen molar-refractivity contribution in [2.45, 2.75) is 0 Å². The minimum Gasteiger partial charge on any atom is -0.459 e. The number of benzene rings is 1. The number of piperazine rings is 1. The summed E-state index contributed by atoms with van der Waals surface area (Å²) in [6.07, 6.45) is 5.01. The SMILES string of the molecule is O=C(Nc1ccc(N2CCN(C(=O)c3ccco3)CC2)nc1)c1ccc2cc[nH]c2c1. The molecule has 0 spiro atoms. The fourth-order valence-corrected chi connectivity index (χ4v) is 3.73. The number of fused-ring (bicyclic) bond motifs is 1. The fraction of sp³-hybridized carbons (Fsp3) is 0.174. The Morgan fingerprint density at radius 3 is 2.65 bits per heavy atom. The van der Waals surface area contributed by atoms with Crippen LogP contribution in [-0.4, -0.2) is 52.9 Å². The van der Waals surface area contributed by atoms with E-state index in [2.05, 4.69) is 20.2 Å². The number of aromatic amines is 1. The average molecular weight is 415 g/mol. The molecule has 0 aliphatic carbocycles. The number of aromatic nitrogens is 2. The zero-order chi connectivity index (χ0) is 21.2. The molecule has 0 unspecified atom stereocenters. The van der Waals surface area contributed by atoms with Crippen LogP contribution in [0, 0.1) is 0 Å². The van der Waals surface area contributed by atoms with Crippen molar-refractivity contribution in [2.24, 2.45) is 0 Å². The Balaban J connectivity index is 1.19. The molecule has 0 radical (unpaired) electrons. The highest BCUT2D eigenvalue weighted by Crippen LogP contribution is 2.19. The molecule has 0 bridgehead atoms. The molecule has 4 aromatic rings. The third-order valence-electron chi connectivity index (χ3n) is 5.45. The van der Waals surface area contributed by atoms with Crippen LogP contribution in [0.3, 0.4) is 0 Å². The first-order valence-electron chi connectivity index (χ1n) is 10.1. The number of anilines is 2. The number of hydrogen-bond donors (Lipinski definition) is 2. The molecule has 1 aliphatic rings. The topological polar surface area (TPSA) is 94.5 Å². The van der Waals surface area contributed by atoms with Gasteiger partial charge in [0.15, 0.2) is 5.76 Å². The van der Waals surface area contributed by atoms with Crippen molar-refractivity contribution in [1.82, 2.24) is 14.9 Å². The zero-order valence-electron chi connectivity index (χ0n) is 16.7. The largest absolute Gasteiger partial charge is 0.459 e. The molecule has 1 saturated heterocycles. The minimum absolute atomic E-state index is 0.0896. The van der Waals surface area contributed by atoms with E-state index in [0.29, 0.717) is 43.2 Å². The van der Waals surface area contributed by atoms with Gasteiger partial charge in [-0.15, -0.1) is 0 Å². The van der Waals surface area contributed by atoms with Crippen LogP contribution in [0.25, 0.3) is 10.9 Å². The van der Waals surface area contributed by atoms with Crippen LogP contribution in [-0.2, 0) is 0 Å². The molecule has 1 aliphatic heterocycles. The summed E-state index contributed by atoms with van der Waals surface area (Å²) in [5.74, 6) is 0.905. The van der Waals surface area contributed by atoms with Crippen molar-refractivity contribution in [3.63, 3.8) is 0 Å². The van der Waals surface area contributed by atoms with Crippen LogP contribution in [0.5, 0.6) is 0 Å². The van der Waals surface area contributed by atoms with Gasteiger partial charge in [0.2, 0.25) is 0 Å². The van der Waals surface area contributed by atoms with Crippen molar-refractivity contribution in [3.05, 3.63) is 78.5 Å². The molecular formula is C23H21N5O3. The second-order valence-corrected chi connectivity index (χ2v) is 7.40. The van der Waals surface area contributed by atoms with Crippen LogP contribution in [0.1, 0.15) is 20.9 Å². The van der Waals surface area contributed by atoms with E-state index in [1.807, 2.05) is 36.5 Å². The van der Waals surface area contributed by atoms with E-state index in [1.165, 1.54) is 6.26 Å². The summed E-state index contributed by atoms with van der Waals surface area (Å²) >= 11 is 0. The zero-order valence-corrected chi connectivity index (χ0v) is 16.7. The molecule has 5 rings (SSSR count). The lowest BCUT2D eigenvalue weighted by Gasteiger charge is -2.35. The minimum atomic E-state index is -0.184. The Morgan fingerprint density at radius 1 is 1.03 bits per heavy atom. The maximum atomic E-state index is 12.6. The Bertz CT molecular complexity index is 1210. The molecule has 0 atom stereocenters. The van der Waals surface area contributed by atoms with Crippen LogP contribution in [0.2, 0.25) is 0 Å². The Hall–Kier alpha value is -4.07. The van der Waals surface area contributed by atoms with Crippen LogP contribution in [0.4, 0.5) is 11.5 Å². The molecule has 156 valence electrons. The third-order valence-corrected chi connectivity index (χ3v) is 5.45. The number of furan rings is 1. The normalized spacial score (nSPS) is 14.1. The summed E-state index contributed by atoms with van der Waals surface area (Å²) < 4.78 is 5.20. The van der Waals surface area contributed by atoms with E-state index in [-0.39, 0.29) is 11.8 Å². The molecule has 8 nitrogen and oxygen atoms in total. The summed E-state index contributed by atoms with van der Waals surface area (Å²) in [7, 11) is 0. The van der Waals surface area contributed by atoms with Crippen LogP contribution in [0.15, 0.2) is 71.6 Å². The number of carbonyl (C=O) groups excluding carboxylic acids is 2. The van der Waals surface area contributed by atoms with Crippen molar-refractivity contribution in [1.29, 1.82) is 0 Å². The van der Waals surface area contributed by atoms with Crippen LogP contribution >= 0.6 is 0 Å². The van der Waals surface area contributed by atoms with Crippen molar-refractivity contribution in [3.8, 4) is 0 Å². The number of carbonyl (C=O) groups is 2. The smallest absolute Gasteiger partial charge is 0.289 e. The van der Waals surface area contributed by atoms with E-state index in [1.54, 1.807) is 29.3 Å². The number of nitrogens with zero attached hydrogens (tertiary/aromatic N) is 3. The Kier molecular flexibility index (Phi) is 4.87. The molecule has 2 amide bonds. The molecule has 0 saturated carbocycles. The first-order chi connectivity index (χ1) is 15.2. The van der Waals surface area contributed by atoms with E-state index >= 15 is 0 Å². The van der Waals surface area contributed by atoms with Gasteiger partial charge in [-0.3, -0.25) is 9.59 Å². The predicted molar refractivity (Wildman–Crippen MR) is 117 cm³/mol. The maximum Gasteiger partial charge on any atom is 0.289 e. The molecule has 3 aromatic heterocycles. The van der Waals surface area contributed by atoms with Crippen molar-refractivity contribution < 1.29 is 14.0 Å². The highest BCUT2D eigenvalue weighted by atomic mass is 16.3. The molecule has 31 heavy (non-hydrogen) atoms. The van der Waals surface area contributed by atoms with Crippen molar-refractivity contribution in [2.75, 3.05) is 36.4 Å². The van der Waals surface area contributed by atoms with Gasteiger partial charge in [-0.2, -0.15) is 0 Å². The number of rotatable bonds is 4. The lowest BCUT2D eigenvalue weighted by molar-refractivity contribution is 0.0714. The average Bonchev–Trinajstić information content (AvgIpc) is 3.51. The molecule has 8 heteroatoms. The van der Waals surface area contributed by atoms with Gasteiger partial charge in [-0.05, 0) is 47.9 Å². The number of nitrogens with one attached hydrogen (secondary N) is 2. The van der Waals surface area contributed by atoms with E-state index in [4.69, 9.17) is 4.42 Å². The van der Waals surface area contributed by atoms with Gasteiger partial charge in [-0.25, -0.2) is 4.98 Å². The summed E-state index contributed by atoms with van der Waals surface area (Å²) in [5, 5.41) is 3.95. The maximum absolute atomic E-state index is 12.6. The molecule has 1 aromatic carbocycles. The number of hydrogen-bond acceptors (Lipinski definition) is 5. The molecule has 1 fully saturated rings. The lowest BCUT2D eigenvalue weighted by atomic mass is 10.1. The van der Waals surface area contributed by atoms with Gasteiger partial charge in [-0.1, -0.05) is 6.07 Å². The van der Waals surface area contributed by atoms with Gasteiger partial charge < -0.3 is 24.5 Å². The van der Waals surface area contributed by atoms with E-state index < -0.39 is 0 Å². The van der Waals surface area contributed by atoms with E-state index in [9.17, 15) is 9.59 Å². The second-order valence-electron chi connectivity index (χ2n) is 7.40. The predicted octanol–water partition coefficient (Wildman–Crippen LogP) is 3.37. The van der Waals surface area contributed by atoms with Crippen molar-refractivity contribution >= 4 is 34.2 Å². The summed E-state index contributed by atoms with van der Waals surface area (Å²) in [4.78, 5) is 36.4. The molecule has 2 N–H and O–H groups in total. The standard InChI is InChI=1S/C23H21N5O3/c29-22(17-4-3-16-7-8-24-19(16)14-17)26-18-5-6-21(25-15-18)27-9-11-28(12-10-27)23(30)20-2-1-13-31-20/h1-8,13-15,24H,9-12H2,(H,26,29). The van der Waals surface area contributed by atoms with Gasteiger partial charge in [0, 0.05) is 43.5 Å². The fourth-order valence-electron chi connectivity index (χ4n) is 3.73. The number of pyridine rings is 1. The lowest BCUT2D eigenvalue weighted by Crippen LogP contribution is -2.49. The second kappa shape index (κ2) is 7.98. The quantitative estimate of drug-likeness (QED) is 0.533. The summed E-state index contributed by atoms with van der Waals surface area (Å²) in [5.41, 5.74) is 2.13. The monoisotopic (exact) mass is 415 g/mol. The molecular weight excluding hydrogens is 394 g/mol. The van der Waals surface area contributed by atoms with E-state index in [0.717, 1.165) is 16.7 Å².